The van der Waals surface area contributed by atoms with E-state index in [1.165, 1.54) is 0 Å². The highest BCUT2D eigenvalue weighted by Gasteiger charge is 2.20. The number of nitrogens with zero attached hydrogens (tertiary/aromatic N) is 2. The van der Waals surface area contributed by atoms with Crippen LogP contribution in [0.25, 0.3) is 10.9 Å². The Labute approximate surface area is 140 Å². The molecule has 2 N–H and O–H groups in total. The van der Waals surface area contributed by atoms with Gasteiger partial charge in [0.15, 0.2) is 0 Å². The maximum Gasteiger partial charge on any atom is 0.404 e. The summed E-state index contributed by atoms with van der Waals surface area (Å²) < 4.78 is 0. The minimum Gasteiger partial charge on any atom is -0.465 e. The zero-order chi connectivity index (χ0) is 16.2. The maximum atomic E-state index is 10.5. The number of carbonyl (C=O) groups is 1. The second-order valence-electron chi connectivity index (χ2n) is 5.96. The van der Waals surface area contributed by atoms with Crippen molar-refractivity contribution in [1.82, 2.24) is 10.3 Å². The number of carboxylic acid groups (broad SMARTS) is 1. The Balaban J connectivity index is 1.59. The predicted molar refractivity (Wildman–Crippen MR) is 92.3 cm³/mol. The van der Waals surface area contributed by atoms with Crippen molar-refractivity contribution in [1.29, 1.82) is 0 Å². The molecule has 0 unspecified atom stereocenters. The fraction of sp³-hybridized carbons (Fsp3) is 0.412. The largest absolute Gasteiger partial charge is 0.465 e. The summed E-state index contributed by atoms with van der Waals surface area (Å²) >= 11 is 6.00. The summed E-state index contributed by atoms with van der Waals surface area (Å²) in [4.78, 5) is 17.5. The van der Waals surface area contributed by atoms with Crippen molar-refractivity contribution in [2.75, 3.05) is 24.5 Å². The lowest BCUT2D eigenvalue weighted by Crippen LogP contribution is -2.35. The van der Waals surface area contributed by atoms with Gasteiger partial charge in [-0.25, -0.2) is 9.78 Å². The highest BCUT2D eigenvalue weighted by atomic mass is 35.5. The topological polar surface area (TPSA) is 65.5 Å². The quantitative estimate of drug-likeness (QED) is 0.894. The van der Waals surface area contributed by atoms with Gasteiger partial charge in [-0.2, -0.15) is 0 Å². The van der Waals surface area contributed by atoms with Crippen molar-refractivity contribution in [3.63, 3.8) is 0 Å². The average Bonchev–Trinajstić information content (AvgIpc) is 2.55. The number of rotatable bonds is 4. The number of hydrogen-bond donors (Lipinski definition) is 2. The van der Waals surface area contributed by atoms with E-state index in [0.717, 1.165) is 54.1 Å². The summed E-state index contributed by atoms with van der Waals surface area (Å²) in [6.07, 6.45) is 2.11. The van der Waals surface area contributed by atoms with Crippen molar-refractivity contribution >= 4 is 34.4 Å². The van der Waals surface area contributed by atoms with Crippen LogP contribution in [0, 0.1) is 5.92 Å². The molecule has 0 aliphatic carbocycles. The molecule has 1 aromatic heterocycles. The molecule has 0 bridgehead atoms. The van der Waals surface area contributed by atoms with E-state index in [9.17, 15) is 4.79 Å². The summed E-state index contributed by atoms with van der Waals surface area (Å²) in [6.45, 7) is 2.46. The van der Waals surface area contributed by atoms with Crippen molar-refractivity contribution in [3.05, 3.63) is 35.4 Å². The van der Waals surface area contributed by atoms with Crippen LogP contribution in [0.15, 0.2) is 30.3 Å². The summed E-state index contributed by atoms with van der Waals surface area (Å²) in [5, 5.41) is 12.8. The normalized spacial score (nSPS) is 15.8. The number of anilines is 1. The van der Waals surface area contributed by atoms with Gasteiger partial charge in [0.1, 0.15) is 5.82 Å². The third kappa shape index (κ3) is 4.05. The van der Waals surface area contributed by atoms with E-state index >= 15 is 0 Å². The van der Waals surface area contributed by atoms with Crippen LogP contribution in [0.5, 0.6) is 0 Å². The van der Waals surface area contributed by atoms with Crippen LogP contribution in [0.1, 0.15) is 19.3 Å². The third-order valence-electron chi connectivity index (χ3n) is 4.40. The Bertz CT molecular complexity index is 699. The number of hydrogen-bond acceptors (Lipinski definition) is 3. The molecule has 2 heterocycles. The zero-order valence-corrected chi connectivity index (χ0v) is 13.6. The van der Waals surface area contributed by atoms with Gasteiger partial charge in [0.25, 0.3) is 0 Å². The van der Waals surface area contributed by atoms with Crippen LogP contribution in [-0.2, 0) is 0 Å². The lowest BCUT2D eigenvalue weighted by Gasteiger charge is -2.33. The van der Waals surface area contributed by atoms with E-state index in [4.69, 9.17) is 21.7 Å². The first-order valence-electron chi connectivity index (χ1n) is 7.90. The van der Waals surface area contributed by atoms with Crippen molar-refractivity contribution in [3.8, 4) is 0 Å². The van der Waals surface area contributed by atoms with Crippen molar-refractivity contribution in [2.45, 2.75) is 19.3 Å². The smallest absolute Gasteiger partial charge is 0.404 e. The lowest BCUT2D eigenvalue weighted by atomic mass is 9.93. The Hall–Kier alpha value is -2.01. The van der Waals surface area contributed by atoms with E-state index in [-0.39, 0.29) is 0 Å². The highest BCUT2D eigenvalue weighted by Crippen LogP contribution is 2.26. The first-order chi connectivity index (χ1) is 11.1. The number of nitrogens with one attached hydrogen (secondary N) is 1. The fourth-order valence-electron chi connectivity index (χ4n) is 3.10. The summed E-state index contributed by atoms with van der Waals surface area (Å²) in [5.74, 6) is 1.58. The Morgan fingerprint density at radius 2 is 2.09 bits per heavy atom. The Morgan fingerprint density at radius 1 is 1.30 bits per heavy atom. The van der Waals surface area contributed by atoms with Crippen LogP contribution in [0.3, 0.4) is 0 Å². The van der Waals surface area contributed by atoms with E-state index in [0.29, 0.717) is 12.5 Å². The molecule has 1 aromatic carbocycles. The number of benzene rings is 1. The van der Waals surface area contributed by atoms with Gasteiger partial charge in [0, 0.05) is 30.0 Å². The van der Waals surface area contributed by atoms with Gasteiger partial charge in [0.2, 0.25) is 0 Å². The number of halogens is 1. The van der Waals surface area contributed by atoms with Crippen LogP contribution >= 0.6 is 11.6 Å². The van der Waals surface area contributed by atoms with Gasteiger partial charge in [-0.1, -0.05) is 11.6 Å². The monoisotopic (exact) mass is 333 g/mol. The third-order valence-corrected chi connectivity index (χ3v) is 4.64. The van der Waals surface area contributed by atoms with E-state index in [1.807, 2.05) is 24.3 Å². The number of piperidine rings is 1. The van der Waals surface area contributed by atoms with Crippen molar-refractivity contribution < 1.29 is 9.90 Å². The van der Waals surface area contributed by atoms with Crippen molar-refractivity contribution in [2.24, 2.45) is 5.92 Å². The van der Waals surface area contributed by atoms with E-state index in [2.05, 4.69) is 16.3 Å². The Morgan fingerprint density at radius 3 is 2.83 bits per heavy atom. The average molecular weight is 334 g/mol. The molecule has 6 heteroatoms. The standard InChI is InChI=1S/C17H20ClN3O2/c18-14-2-3-15-13(11-14)1-4-16(20-15)21-9-6-12(7-10-21)5-8-19-17(22)23/h1-4,11-12,19H,5-10H2,(H,22,23). The number of amides is 1. The molecule has 23 heavy (non-hydrogen) atoms. The summed E-state index contributed by atoms with van der Waals surface area (Å²) in [6, 6.07) is 9.85. The number of fused-ring (bicyclic) bond motifs is 1. The number of aromatic nitrogens is 1. The molecule has 0 spiro atoms. The molecule has 0 atom stereocenters. The summed E-state index contributed by atoms with van der Waals surface area (Å²) in [7, 11) is 0. The first kappa shape index (κ1) is 15.9. The molecule has 1 saturated heterocycles. The van der Waals surface area contributed by atoms with Crippen LogP contribution in [0.4, 0.5) is 10.6 Å². The predicted octanol–water partition coefficient (Wildman–Crippen LogP) is 3.76. The van der Waals surface area contributed by atoms with Gasteiger partial charge < -0.3 is 15.3 Å². The minimum atomic E-state index is -0.942. The van der Waals surface area contributed by atoms with Crippen LogP contribution < -0.4 is 10.2 Å². The number of pyridine rings is 1. The summed E-state index contributed by atoms with van der Waals surface area (Å²) in [5.41, 5.74) is 0.958. The molecule has 2 aromatic rings. The molecular weight excluding hydrogens is 314 g/mol. The first-order valence-corrected chi connectivity index (χ1v) is 8.27. The van der Waals surface area contributed by atoms with Gasteiger partial charge in [-0.3, -0.25) is 0 Å². The van der Waals surface area contributed by atoms with Gasteiger partial charge in [-0.15, -0.1) is 0 Å². The lowest BCUT2D eigenvalue weighted by molar-refractivity contribution is 0.193. The molecule has 1 aliphatic heterocycles. The van der Waals surface area contributed by atoms with E-state index < -0.39 is 6.09 Å². The molecule has 1 aliphatic rings. The second kappa shape index (κ2) is 7.04. The molecule has 1 amide bonds. The van der Waals surface area contributed by atoms with Gasteiger partial charge >= 0.3 is 6.09 Å². The minimum absolute atomic E-state index is 0.537. The molecule has 122 valence electrons. The molecule has 3 rings (SSSR count). The Kier molecular flexibility index (Phi) is 4.86. The SMILES string of the molecule is O=C(O)NCCC1CCN(c2ccc3cc(Cl)ccc3n2)CC1. The molecule has 1 fully saturated rings. The van der Waals surface area contributed by atoms with Gasteiger partial charge in [-0.05, 0) is 55.5 Å². The van der Waals surface area contributed by atoms with Crippen LogP contribution in [-0.4, -0.2) is 35.8 Å². The maximum absolute atomic E-state index is 10.5. The fourth-order valence-corrected chi connectivity index (χ4v) is 3.28. The molecule has 0 saturated carbocycles. The second-order valence-corrected chi connectivity index (χ2v) is 6.39. The molecule has 5 nitrogen and oxygen atoms in total. The highest BCUT2D eigenvalue weighted by molar-refractivity contribution is 6.31. The molecular formula is C17H20ClN3O2. The zero-order valence-electron chi connectivity index (χ0n) is 12.8. The van der Waals surface area contributed by atoms with Crippen LogP contribution in [0.2, 0.25) is 5.02 Å². The van der Waals surface area contributed by atoms with Gasteiger partial charge in [0.05, 0.1) is 5.52 Å². The molecule has 0 radical (unpaired) electrons. The van der Waals surface area contributed by atoms with E-state index in [1.54, 1.807) is 0 Å².